The minimum atomic E-state index is -0.467. The van der Waals surface area contributed by atoms with Gasteiger partial charge >= 0.3 is 0 Å². The Balaban J connectivity index is 1.53. The van der Waals surface area contributed by atoms with E-state index in [1.54, 1.807) is 6.07 Å². The third-order valence-corrected chi connectivity index (χ3v) is 5.33. The first-order valence-corrected chi connectivity index (χ1v) is 9.83. The Hall–Kier alpha value is -3.34. The van der Waals surface area contributed by atoms with Crippen molar-refractivity contribution >= 4 is 5.71 Å². The average Bonchev–Trinajstić information content (AvgIpc) is 3.20. The number of hydrazone groups is 1. The number of fused-ring (bicyclic) bond motifs is 3. The summed E-state index contributed by atoms with van der Waals surface area (Å²) in [4.78, 5) is 0. The van der Waals surface area contributed by atoms with Gasteiger partial charge in [0.15, 0.2) is 0 Å². The molecule has 0 bridgehead atoms. The smallest absolute Gasteiger partial charge is 0.213 e. The lowest BCUT2D eigenvalue weighted by molar-refractivity contribution is -0.0192. The van der Waals surface area contributed by atoms with Gasteiger partial charge in [-0.25, -0.2) is 9.40 Å². The van der Waals surface area contributed by atoms with Crippen LogP contribution < -0.4 is 9.47 Å². The summed E-state index contributed by atoms with van der Waals surface area (Å²) < 4.78 is 25.7. The van der Waals surface area contributed by atoms with Gasteiger partial charge in [-0.15, -0.1) is 0 Å². The molecular formula is C24H21FN2O2. The van der Waals surface area contributed by atoms with Crippen LogP contribution in [0.15, 0.2) is 77.9 Å². The Bertz CT molecular complexity index is 1060. The zero-order valence-corrected chi connectivity index (χ0v) is 16.1. The fourth-order valence-electron chi connectivity index (χ4n) is 4.00. The predicted molar refractivity (Wildman–Crippen MR) is 110 cm³/mol. The van der Waals surface area contributed by atoms with Gasteiger partial charge < -0.3 is 9.47 Å². The first-order chi connectivity index (χ1) is 14.2. The fraction of sp³-hybridized carbons (Fsp3) is 0.208. The zero-order valence-electron chi connectivity index (χ0n) is 16.1. The molecule has 0 spiro atoms. The number of nitrogens with zero attached hydrogens (tertiary/aromatic N) is 2. The number of hydrogen-bond acceptors (Lipinski definition) is 4. The van der Waals surface area contributed by atoms with Crippen LogP contribution >= 0.6 is 0 Å². The Morgan fingerprint density at radius 3 is 2.69 bits per heavy atom. The number of rotatable bonds is 4. The molecule has 2 heterocycles. The normalized spacial score (nSPS) is 19.8. The van der Waals surface area contributed by atoms with Crippen LogP contribution in [0.5, 0.6) is 11.5 Å². The van der Waals surface area contributed by atoms with Gasteiger partial charge in [-0.05, 0) is 55.0 Å². The largest absolute Gasteiger partial charge is 0.494 e. The molecule has 0 N–H and O–H groups in total. The molecule has 0 amide bonds. The molecule has 0 radical (unpaired) electrons. The van der Waals surface area contributed by atoms with E-state index in [0.29, 0.717) is 6.61 Å². The van der Waals surface area contributed by atoms with Gasteiger partial charge in [0, 0.05) is 17.5 Å². The summed E-state index contributed by atoms with van der Waals surface area (Å²) in [5, 5.41) is 6.87. The Labute approximate surface area is 169 Å². The molecule has 2 aliphatic rings. The molecule has 29 heavy (non-hydrogen) atoms. The summed E-state index contributed by atoms with van der Waals surface area (Å²) >= 11 is 0. The van der Waals surface area contributed by atoms with Gasteiger partial charge in [0.05, 0.1) is 18.4 Å². The van der Waals surface area contributed by atoms with E-state index in [4.69, 9.17) is 14.6 Å². The highest BCUT2D eigenvalue weighted by Gasteiger charge is 2.40. The van der Waals surface area contributed by atoms with Crippen LogP contribution in [0.2, 0.25) is 0 Å². The van der Waals surface area contributed by atoms with Crippen molar-refractivity contribution < 1.29 is 13.9 Å². The minimum Gasteiger partial charge on any atom is -0.494 e. The molecule has 2 atom stereocenters. The maximum absolute atomic E-state index is 13.9. The molecule has 0 aliphatic carbocycles. The van der Waals surface area contributed by atoms with Crippen molar-refractivity contribution in [3.63, 3.8) is 0 Å². The maximum Gasteiger partial charge on any atom is 0.213 e. The van der Waals surface area contributed by atoms with Crippen LogP contribution in [-0.4, -0.2) is 17.3 Å². The Kier molecular flexibility index (Phi) is 4.43. The summed E-state index contributed by atoms with van der Waals surface area (Å²) in [5.74, 6) is 1.39. The lowest BCUT2D eigenvalue weighted by Gasteiger charge is -2.38. The molecule has 3 aromatic rings. The van der Waals surface area contributed by atoms with Crippen LogP contribution in [-0.2, 0) is 0 Å². The SMILES string of the molecule is CCOc1ccc(C2=NN3[C@@H](c4cccc(F)c4)Oc4ccccc4[C@@H]3C2)cc1. The van der Waals surface area contributed by atoms with Crippen LogP contribution in [0.25, 0.3) is 0 Å². The first-order valence-electron chi connectivity index (χ1n) is 9.83. The predicted octanol–water partition coefficient (Wildman–Crippen LogP) is 5.47. The van der Waals surface area contributed by atoms with E-state index in [2.05, 4.69) is 6.07 Å². The van der Waals surface area contributed by atoms with Gasteiger partial charge in [-0.3, -0.25) is 0 Å². The van der Waals surface area contributed by atoms with E-state index < -0.39 is 6.23 Å². The van der Waals surface area contributed by atoms with Crippen molar-refractivity contribution in [3.8, 4) is 11.5 Å². The molecule has 5 rings (SSSR count). The summed E-state index contributed by atoms with van der Waals surface area (Å²) in [7, 11) is 0. The van der Waals surface area contributed by atoms with Gasteiger partial charge in [-0.2, -0.15) is 5.10 Å². The second-order valence-electron chi connectivity index (χ2n) is 7.17. The molecule has 5 heteroatoms. The number of ether oxygens (including phenoxy) is 2. The molecule has 0 aromatic heterocycles. The third kappa shape index (κ3) is 3.23. The molecule has 0 unspecified atom stereocenters. The fourth-order valence-corrected chi connectivity index (χ4v) is 4.00. The molecular weight excluding hydrogens is 367 g/mol. The van der Waals surface area contributed by atoms with E-state index >= 15 is 0 Å². The Morgan fingerprint density at radius 1 is 1.07 bits per heavy atom. The third-order valence-electron chi connectivity index (χ3n) is 5.33. The molecule has 0 saturated heterocycles. The number of hydrogen-bond donors (Lipinski definition) is 0. The van der Waals surface area contributed by atoms with Crippen molar-refractivity contribution in [1.29, 1.82) is 0 Å². The minimum absolute atomic E-state index is 0.0507. The van der Waals surface area contributed by atoms with Crippen molar-refractivity contribution in [2.24, 2.45) is 5.10 Å². The van der Waals surface area contributed by atoms with Gasteiger partial charge in [0.2, 0.25) is 6.23 Å². The van der Waals surface area contributed by atoms with Crippen LogP contribution in [0, 0.1) is 5.82 Å². The van der Waals surface area contributed by atoms with Crippen molar-refractivity contribution in [1.82, 2.24) is 5.01 Å². The highest BCUT2D eigenvalue weighted by Crippen LogP contribution is 2.47. The lowest BCUT2D eigenvalue weighted by Crippen LogP contribution is -2.33. The highest BCUT2D eigenvalue weighted by molar-refractivity contribution is 6.02. The molecule has 0 fully saturated rings. The van der Waals surface area contributed by atoms with Gasteiger partial charge in [0.1, 0.15) is 17.3 Å². The zero-order chi connectivity index (χ0) is 19.8. The van der Waals surface area contributed by atoms with Crippen LogP contribution in [0.4, 0.5) is 4.39 Å². The topological polar surface area (TPSA) is 34.1 Å². The monoisotopic (exact) mass is 388 g/mol. The summed E-state index contributed by atoms with van der Waals surface area (Å²) in [6.45, 7) is 2.61. The lowest BCUT2D eigenvalue weighted by atomic mass is 9.96. The van der Waals surface area contributed by atoms with E-state index in [1.807, 2.05) is 60.5 Å². The maximum atomic E-state index is 13.9. The second kappa shape index (κ2) is 7.24. The molecule has 0 saturated carbocycles. The average molecular weight is 388 g/mol. The second-order valence-corrected chi connectivity index (χ2v) is 7.17. The molecule has 146 valence electrons. The van der Waals surface area contributed by atoms with Crippen LogP contribution in [0.1, 0.15) is 42.3 Å². The van der Waals surface area contributed by atoms with E-state index in [1.165, 1.54) is 12.1 Å². The number of halogens is 1. The quantitative estimate of drug-likeness (QED) is 0.595. The number of benzene rings is 3. The molecule has 3 aromatic carbocycles. The van der Waals surface area contributed by atoms with Crippen LogP contribution in [0.3, 0.4) is 0 Å². The number of para-hydroxylation sites is 1. The van der Waals surface area contributed by atoms with Gasteiger partial charge in [0.25, 0.3) is 0 Å². The van der Waals surface area contributed by atoms with Crippen molar-refractivity contribution in [2.45, 2.75) is 25.6 Å². The van der Waals surface area contributed by atoms with Crippen molar-refractivity contribution in [3.05, 3.63) is 95.3 Å². The summed E-state index contributed by atoms with van der Waals surface area (Å²) in [6.07, 6.45) is 0.297. The highest BCUT2D eigenvalue weighted by atomic mass is 19.1. The van der Waals surface area contributed by atoms with E-state index in [-0.39, 0.29) is 11.9 Å². The van der Waals surface area contributed by atoms with E-state index in [0.717, 1.165) is 40.3 Å². The summed E-state index contributed by atoms with van der Waals surface area (Å²) in [6, 6.07) is 22.6. The summed E-state index contributed by atoms with van der Waals surface area (Å²) in [5.41, 5.74) is 3.89. The molecule has 4 nitrogen and oxygen atoms in total. The van der Waals surface area contributed by atoms with Crippen molar-refractivity contribution in [2.75, 3.05) is 6.61 Å². The Morgan fingerprint density at radius 2 is 1.90 bits per heavy atom. The molecule has 2 aliphatic heterocycles. The van der Waals surface area contributed by atoms with Gasteiger partial charge in [-0.1, -0.05) is 30.3 Å². The standard InChI is InChI=1S/C24H21FN2O2/c1-2-28-19-12-10-16(11-13-19)21-15-22-20-8-3-4-9-23(20)29-24(27(22)26-21)17-6-5-7-18(25)14-17/h3-14,22,24H,2,15H2,1H3/t22-,24+/m0/s1. The van der Waals surface area contributed by atoms with E-state index in [9.17, 15) is 4.39 Å². The first kappa shape index (κ1) is 17.7.